The molecule has 0 atom stereocenters. The van der Waals surface area contributed by atoms with Gasteiger partial charge in [-0.2, -0.15) is 0 Å². The molecular formula is C16H20N2O3. The molecule has 0 aromatic carbocycles. The molecule has 0 saturated carbocycles. The summed E-state index contributed by atoms with van der Waals surface area (Å²) in [6, 6.07) is 7.58. The number of aliphatic hydroxyl groups is 1. The Morgan fingerprint density at radius 3 is 1.81 bits per heavy atom. The second-order valence-corrected chi connectivity index (χ2v) is 4.43. The maximum atomic E-state index is 10.2. The van der Waals surface area contributed by atoms with Crippen LogP contribution in [0.2, 0.25) is 0 Å². The van der Waals surface area contributed by atoms with E-state index in [4.69, 9.17) is 10.2 Å². The number of aliphatic carboxylic acids is 1. The average molecular weight is 288 g/mol. The predicted octanol–water partition coefficient (Wildman–Crippen LogP) is 2.11. The molecule has 112 valence electrons. The number of rotatable bonds is 6. The topological polar surface area (TPSA) is 83.3 Å². The molecular weight excluding hydrogens is 268 g/mol. The SMILES string of the molecule is O=C(O)CCc1ccncc1.OCCCc1ccncc1. The van der Waals surface area contributed by atoms with Crippen molar-refractivity contribution < 1.29 is 15.0 Å². The quantitative estimate of drug-likeness (QED) is 0.850. The van der Waals surface area contributed by atoms with Gasteiger partial charge in [0.15, 0.2) is 0 Å². The van der Waals surface area contributed by atoms with E-state index >= 15 is 0 Å². The van der Waals surface area contributed by atoms with E-state index in [0.717, 1.165) is 18.4 Å². The van der Waals surface area contributed by atoms with Crippen LogP contribution in [0, 0.1) is 0 Å². The van der Waals surface area contributed by atoms with Gasteiger partial charge in [-0.1, -0.05) is 0 Å². The first-order valence-corrected chi connectivity index (χ1v) is 6.83. The minimum absolute atomic E-state index is 0.185. The Kier molecular flexibility index (Phi) is 8.40. The summed E-state index contributed by atoms with van der Waals surface area (Å²) in [6.45, 7) is 0.266. The van der Waals surface area contributed by atoms with Gasteiger partial charge in [0.1, 0.15) is 0 Å². The van der Waals surface area contributed by atoms with Crippen LogP contribution >= 0.6 is 0 Å². The Balaban J connectivity index is 0.000000211. The highest BCUT2D eigenvalue weighted by Gasteiger charge is 1.96. The van der Waals surface area contributed by atoms with Crippen molar-refractivity contribution >= 4 is 5.97 Å². The van der Waals surface area contributed by atoms with Gasteiger partial charge in [0.05, 0.1) is 0 Å². The molecule has 2 rings (SSSR count). The van der Waals surface area contributed by atoms with Gasteiger partial charge in [-0.15, -0.1) is 0 Å². The number of aryl methyl sites for hydroxylation is 2. The molecule has 2 heterocycles. The van der Waals surface area contributed by atoms with Crippen molar-refractivity contribution in [2.75, 3.05) is 6.61 Å². The number of hydrogen-bond acceptors (Lipinski definition) is 4. The van der Waals surface area contributed by atoms with E-state index in [1.807, 2.05) is 24.3 Å². The zero-order chi connectivity index (χ0) is 15.3. The van der Waals surface area contributed by atoms with Crippen molar-refractivity contribution in [3.8, 4) is 0 Å². The number of carboxylic acid groups (broad SMARTS) is 1. The molecule has 0 spiro atoms. The highest BCUT2D eigenvalue weighted by molar-refractivity contribution is 5.67. The fourth-order valence-corrected chi connectivity index (χ4v) is 1.63. The fraction of sp³-hybridized carbons (Fsp3) is 0.312. The Morgan fingerprint density at radius 2 is 1.38 bits per heavy atom. The van der Waals surface area contributed by atoms with Crippen molar-refractivity contribution in [3.05, 3.63) is 60.2 Å². The summed E-state index contributed by atoms with van der Waals surface area (Å²) in [4.78, 5) is 17.9. The summed E-state index contributed by atoms with van der Waals surface area (Å²) >= 11 is 0. The Morgan fingerprint density at radius 1 is 0.905 bits per heavy atom. The number of carbonyl (C=O) groups is 1. The van der Waals surface area contributed by atoms with Crippen molar-refractivity contribution in [2.24, 2.45) is 0 Å². The molecule has 0 unspecified atom stereocenters. The minimum Gasteiger partial charge on any atom is -0.481 e. The lowest BCUT2D eigenvalue weighted by molar-refractivity contribution is -0.136. The molecule has 5 nitrogen and oxygen atoms in total. The number of hydrogen-bond donors (Lipinski definition) is 2. The summed E-state index contributed by atoms with van der Waals surface area (Å²) in [6.07, 6.45) is 9.42. The summed E-state index contributed by atoms with van der Waals surface area (Å²) in [5, 5.41) is 16.9. The second-order valence-electron chi connectivity index (χ2n) is 4.43. The summed E-state index contributed by atoms with van der Waals surface area (Å²) in [7, 11) is 0. The smallest absolute Gasteiger partial charge is 0.303 e. The molecule has 0 amide bonds. The highest BCUT2D eigenvalue weighted by Crippen LogP contribution is 2.00. The Bertz CT molecular complexity index is 503. The van der Waals surface area contributed by atoms with Crippen LogP contribution in [0.1, 0.15) is 24.0 Å². The number of aromatic nitrogens is 2. The molecule has 2 N–H and O–H groups in total. The molecule has 0 aliphatic rings. The molecule has 0 radical (unpaired) electrons. The largest absolute Gasteiger partial charge is 0.481 e. The van der Waals surface area contributed by atoms with Gasteiger partial charge in [-0.05, 0) is 54.7 Å². The third kappa shape index (κ3) is 8.49. The van der Waals surface area contributed by atoms with E-state index in [1.54, 1.807) is 24.8 Å². The highest BCUT2D eigenvalue weighted by atomic mass is 16.4. The van der Waals surface area contributed by atoms with E-state index in [0.29, 0.717) is 6.42 Å². The molecule has 5 heteroatoms. The zero-order valence-corrected chi connectivity index (χ0v) is 11.9. The van der Waals surface area contributed by atoms with Crippen LogP contribution in [0.25, 0.3) is 0 Å². The number of pyridine rings is 2. The lowest BCUT2D eigenvalue weighted by atomic mass is 10.1. The lowest BCUT2D eigenvalue weighted by Gasteiger charge is -1.95. The van der Waals surface area contributed by atoms with E-state index in [2.05, 4.69) is 9.97 Å². The maximum Gasteiger partial charge on any atom is 0.303 e. The summed E-state index contributed by atoms with van der Waals surface area (Å²) in [5.74, 6) is -0.762. The van der Waals surface area contributed by atoms with Gasteiger partial charge in [0, 0.05) is 37.8 Å². The third-order valence-corrected chi connectivity index (χ3v) is 2.75. The van der Waals surface area contributed by atoms with E-state index in [1.165, 1.54) is 5.56 Å². The van der Waals surface area contributed by atoms with E-state index in [-0.39, 0.29) is 13.0 Å². The van der Waals surface area contributed by atoms with Crippen molar-refractivity contribution in [3.63, 3.8) is 0 Å². The van der Waals surface area contributed by atoms with Crippen LogP contribution in [-0.4, -0.2) is 32.8 Å². The van der Waals surface area contributed by atoms with Crippen LogP contribution in [0.4, 0.5) is 0 Å². The van der Waals surface area contributed by atoms with Crippen LogP contribution in [0.3, 0.4) is 0 Å². The van der Waals surface area contributed by atoms with Crippen molar-refractivity contribution in [2.45, 2.75) is 25.7 Å². The van der Waals surface area contributed by atoms with Crippen LogP contribution in [0.15, 0.2) is 49.1 Å². The first-order chi connectivity index (χ1) is 10.2. The Labute approximate surface area is 124 Å². The monoisotopic (exact) mass is 288 g/mol. The minimum atomic E-state index is -0.762. The summed E-state index contributed by atoms with van der Waals surface area (Å²) in [5.41, 5.74) is 2.26. The van der Waals surface area contributed by atoms with Gasteiger partial charge >= 0.3 is 5.97 Å². The third-order valence-electron chi connectivity index (χ3n) is 2.75. The van der Waals surface area contributed by atoms with Gasteiger partial charge < -0.3 is 10.2 Å². The average Bonchev–Trinajstić information content (AvgIpc) is 2.53. The first kappa shape index (κ1) is 16.8. The molecule has 0 aliphatic heterocycles. The van der Waals surface area contributed by atoms with E-state index < -0.39 is 5.97 Å². The molecule has 0 fully saturated rings. The number of nitrogens with zero attached hydrogens (tertiary/aromatic N) is 2. The van der Waals surface area contributed by atoms with E-state index in [9.17, 15) is 4.79 Å². The number of aliphatic hydroxyl groups excluding tert-OH is 1. The molecule has 0 bridgehead atoms. The second kappa shape index (κ2) is 10.5. The predicted molar refractivity (Wildman–Crippen MR) is 79.8 cm³/mol. The first-order valence-electron chi connectivity index (χ1n) is 6.83. The van der Waals surface area contributed by atoms with Crippen LogP contribution in [-0.2, 0) is 17.6 Å². The lowest BCUT2D eigenvalue weighted by Crippen LogP contribution is -1.96. The fourth-order valence-electron chi connectivity index (χ4n) is 1.63. The molecule has 21 heavy (non-hydrogen) atoms. The van der Waals surface area contributed by atoms with Crippen LogP contribution < -0.4 is 0 Å². The Hall–Kier alpha value is -2.27. The van der Waals surface area contributed by atoms with Gasteiger partial charge in [-0.3, -0.25) is 14.8 Å². The van der Waals surface area contributed by atoms with Gasteiger partial charge in [0.25, 0.3) is 0 Å². The van der Waals surface area contributed by atoms with Gasteiger partial charge in [-0.25, -0.2) is 0 Å². The standard InChI is InChI=1S/C8H9NO2.C8H11NO/c10-8(11)2-1-7-3-5-9-6-4-7;10-7-1-2-8-3-5-9-6-4-8/h3-6H,1-2H2,(H,10,11);3-6,10H,1-2,7H2. The van der Waals surface area contributed by atoms with Gasteiger partial charge in [0.2, 0.25) is 0 Å². The van der Waals surface area contributed by atoms with Crippen LogP contribution in [0.5, 0.6) is 0 Å². The molecule has 2 aromatic heterocycles. The maximum absolute atomic E-state index is 10.2. The molecule has 0 aliphatic carbocycles. The number of carboxylic acids is 1. The van der Waals surface area contributed by atoms with Crippen molar-refractivity contribution in [1.82, 2.24) is 9.97 Å². The zero-order valence-electron chi connectivity index (χ0n) is 11.9. The normalized spacial score (nSPS) is 9.57. The molecule has 2 aromatic rings. The summed E-state index contributed by atoms with van der Waals surface area (Å²) < 4.78 is 0. The van der Waals surface area contributed by atoms with Crippen molar-refractivity contribution in [1.29, 1.82) is 0 Å². The molecule has 0 saturated heterocycles.